The van der Waals surface area contributed by atoms with E-state index in [0.29, 0.717) is 11.7 Å². The van der Waals surface area contributed by atoms with E-state index in [4.69, 9.17) is 4.52 Å². The van der Waals surface area contributed by atoms with Crippen LogP contribution in [-0.2, 0) is 13.0 Å². The molecule has 1 saturated heterocycles. The second-order valence-corrected chi connectivity index (χ2v) is 5.58. The fourth-order valence-corrected chi connectivity index (χ4v) is 3.01. The summed E-state index contributed by atoms with van der Waals surface area (Å²) in [7, 11) is 0. The first-order valence-electron chi connectivity index (χ1n) is 6.83. The summed E-state index contributed by atoms with van der Waals surface area (Å²) in [5.41, 5.74) is 0. The molecule has 0 atom stereocenters. The van der Waals surface area contributed by atoms with Crippen molar-refractivity contribution < 1.29 is 4.52 Å². The third-order valence-electron chi connectivity index (χ3n) is 3.34. The largest absolute Gasteiger partial charge is 0.344 e. The minimum atomic E-state index is 0.694. The van der Waals surface area contributed by atoms with Crippen LogP contribution < -0.4 is 4.90 Å². The van der Waals surface area contributed by atoms with E-state index in [9.17, 15) is 0 Å². The van der Waals surface area contributed by atoms with Crippen molar-refractivity contribution in [1.82, 2.24) is 24.4 Å². The van der Waals surface area contributed by atoms with Crippen molar-refractivity contribution >= 4 is 16.7 Å². The number of rotatable bonds is 4. The van der Waals surface area contributed by atoms with Crippen molar-refractivity contribution in [3.8, 4) is 0 Å². The topological polar surface area (TPSA) is 71.2 Å². The van der Waals surface area contributed by atoms with E-state index in [1.54, 1.807) is 0 Å². The zero-order valence-electron chi connectivity index (χ0n) is 11.7. The summed E-state index contributed by atoms with van der Waals surface area (Å²) in [4.78, 5) is 13.4. The second kappa shape index (κ2) is 5.84. The van der Waals surface area contributed by atoms with Crippen LogP contribution in [0.5, 0.6) is 0 Å². The van der Waals surface area contributed by atoms with Crippen LogP contribution in [0.15, 0.2) is 4.52 Å². The Morgan fingerprint density at radius 2 is 2.00 bits per heavy atom. The van der Waals surface area contributed by atoms with Crippen LogP contribution in [0.25, 0.3) is 0 Å². The summed E-state index contributed by atoms with van der Waals surface area (Å²) in [6.45, 7) is 8.52. The van der Waals surface area contributed by atoms with Crippen molar-refractivity contribution in [1.29, 1.82) is 0 Å². The zero-order valence-corrected chi connectivity index (χ0v) is 12.6. The van der Waals surface area contributed by atoms with Gasteiger partial charge >= 0.3 is 0 Å². The molecule has 0 bridgehead atoms. The van der Waals surface area contributed by atoms with Crippen LogP contribution in [0.2, 0.25) is 0 Å². The molecule has 0 N–H and O–H groups in total. The average Bonchev–Trinajstić information content (AvgIpc) is 3.09. The maximum absolute atomic E-state index is 5.16. The van der Waals surface area contributed by atoms with E-state index in [1.807, 2.05) is 6.92 Å². The van der Waals surface area contributed by atoms with Crippen LogP contribution in [0, 0.1) is 6.92 Å². The monoisotopic (exact) mass is 294 g/mol. The molecule has 0 spiro atoms. The summed E-state index contributed by atoms with van der Waals surface area (Å²) in [6.07, 6.45) is 0.896. The van der Waals surface area contributed by atoms with Gasteiger partial charge in [0, 0.05) is 44.1 Å². The molecule has 0 amide bonds. The van der Waals surface area contributed by atoms with Crippen LogP contribution in [-0.4, -0.2) is 50.6 Å². The maximum Gasteiger partial charge on any atom is 0.240 e. The van der Waals surface area contributed by atoms with Crippen molar-refractivity contribution in [3.05, 3.63) is 17.5 Å². The highest BCUT2D eigenvalue weighted by Crippen LogP contribution is 2.19. The molecule has 1 fully saturated rings. The molecule has 8 heteroatoms. The predicted octanol–water partition coefficient (Wildman–Crippen LogP) is 1.11. The van der Waals surface area contributed by atoms with Gasteiger partial charge in [-0.1, -0.05) is 12.1 Å². The number of hydrogen-bond donors (Lipinski definition) is 0. The Labute approximate surface area is 121 Å². The molecule has 3 rings (SSSR count). The summed E-state index contributed by atoms with van der Waals surface area (Å²) >= 11 is 1.49. The van der Waals surface area contributed by atoms with Crippen LogP contribution in [0.1, 0.15) is 24.5 Å². The number of piperazine rings is 1. The van der Waals surface area contributed by atoms with Gasteiger partial charge in [-0.15, -0.1) is 0 Å². The lowest BCUT2D eigenvalue weighted by atomic mass is 10.3. The standard InChI is InChI=1S/C12H18N6OS/c1-3-10-14-12(20-16-10)18-6-4-17(5-7-18)8-11-13-9(2)15-19-11/h3-8H2,1-2H3. The molecular weight excluding hydrogens is 276 g/mol. The first kappa shape index (κ1) is 13.4. The molecule has 0 saturated carbocycles. The van der Waals surface area contributed by atoms with Crippen LogP contribution in [0.3, 0.4) is 0 Å². The summed E-state index contributed by atoms with van der Waals surface area (Å²) in [6, 6.07) is 0. The van der Waals surface area contributed by atoms with Crippen LogP contribution >= 0.6 is 11.5 Å². The normalized spacial score (nSPS) is 16.8. The quantitative estimate of drug-likeness (QED) is 0.836. The average molecular weight is 294 g/mol. The van der Waals surface area contributed by atoms with Gasteiger partial charge in [-0.2, -0.15) is 9.36 Å². The van der Waals surface area contributed by atoms with Gasteiger partial charge in [-0.25, -0.2) is 4.98 Å². The lowest BCUT2D eigenvalue weighted by molar-refractivity contribution is 0.215. The van der Waals surface area contributed by atoms with E-state index in [0.717, 1.165) is 50.1 Å². The molecular formula is C12H18N6OS. The van der Waals surface area contributed by atoms with E-state index >= 15 is 0 Å². The van der Waals surface area contributed by atoms with Gasteiger partial charge in [0.05, 0.1) is 6.54 Å². The van der Waals surface area contributed by atoms with Gasteiger partial charge in [0.25, 0.3) is 0 Å². The highest BCUT2D eigenvalue weighted by atomic mass is 32.1. The summed E-state index contributed by atoms with van der Waals surface area (Å²) < 4.78 is 9.50. The molecule has 0 aliphatic carbocycles. The number of aryl methyl sites for hydroxylation is 2. The summed E-state index contributed by atoms with van der Waals surface area (Å²) in [5, 5.41) is 4.85. The highest BCUT2D eigenvalue weighted by Gasteiger charge is 2.21. The van der Waals surface area contributed by atoms with E-state index in [2.05, 4.69) is 36.2 Å². The van der Waals surface area contributed by atoms with Crippen molar-refractivity contribution in [2.24, 2.45) is 0 Å². The van der Waals surface area contributed by atoms with Crippen LogP contribution in [0.4, 0.5) is 5.13 Å². The molecule has 1 aliphatic heterocycles. The molecule has 1 aliphatic rings. The van der Waals surface area contributed by atoms with Gasteiger partial charge < -0.3 is 9.42 Å². The van der Waals surface area contributed by atoms with Gasteiger partial charge in [-0.05, 0) is 6.92 Å². The van der Waals surface area contributed by atoms with Gasteiger partial charge in [0.1, 0.15) is 5.82 Å². The lowest BCUT2D eigenvalue weighted by Crippen LogP contribution is -2.46. The first-order chi connectivity index (χ1) is 9.74. The molecule has 7 nitrogen and oxygen atoms in total. The number of nitrogens with zero attached hydrogens (tertiary/aromatic N) is 6. The molecule has 20 heavy (non-hydrogen) atoms. The maximum atomic E-state index is 5.16. The summed E-state index contributed by atoms with van der Waals surface area (Å²) in [5.74, 6) is 2.33. The Morgan fingerprint density at radius 3 is 2.60 bits per heavy atom. The molecule has 2 aromatic heterocycles. The molecule has 108 valence electrons. The lowest BCUT2D eigenvalue weighted by Gasteiger charge is -2.33. The van der Waals surface area contributed by atoms with Gasteiger partial charge in [0.15, 0.2) is 5.82 Å². The van der Waals surface area contributed by atoms with Gasteiger partial charge in [0.2, 0.25) is 11.0 Å². The third kappa shape index (κ3) is 2.96. The predicted molar refractivity (Wildman–Crippen MR) is 75.8 cm³/mol. The zero-order chi connectivity index (χ0) is 13.9. The van der Waals surface area contributed by atoms with E-state index < -0.39 is 0 Å². The number of hydrogen-bond acceptors (Lipinski definition) is 8. The second-order valence-electron chi connectivity index (χ2n) is 4.85. The Morgan fingerprint density at radius 1 is 1.20 bits per heavy atom. The van der Waals surface area contributed by atoms with Gasteiger partial charge in [-0.3, -0.25) is 4.90 Å². The Hall–Kier alpha value is -1.54. The van der Waals surface area contributed by atoms with Crippen molar-refractivity contribution in [3.63, 3.8) is 0 Å². The Bertz CT molecular complexity index is 560. The fraction of sp³-hybridized carbons (Fsp3) is 0.667. The number of anilines is 1. The van der Waals surface area contributed by atoms with E-state index in [1.165, 1.54) is 11.5 Å². The minimum absolute atomic E-state index is 0.694. The highest BCUT2D eigenvalue weighted by molar-refractivity contribution is 7.09. The SMILES string of the molecule is CCc1nsc(N2CCN(Cc3nc(C)no3)CC2)n1. The molecule has 0 unspecified atom stereocenters. The Balaban J connectivity index is 1.54. The third-order valence-corrected chi connectivity index (χ3v) is 4.16. The number of aromatic nitrogens is 4. The molecule has 3 heterocycles. The van der Waals surface area contributed by atoms with Crippen molar-refractivity contribution in [2.75, 3.05) is 31.1 Å². The fourth-order valence-electron chi connectivity index (χ4n) is 2.21. The molecule has 0 radical (unpaired) electrons. The Kier molecular flexibility index (Phi) is 3.93. The van der Waals surface area contributed by atoms with Crippen molar-refractivity contribution in [2.45, 2.75) is 26.8 Å². The smallest absolute Gasteiger partial charge is 0.240 e. The molecule has 0 aromatic carbocycles. The first-order valence-corrected chi connectivity index (χ1v) is 7.61. The minimum Gasteiger partial charge on any atom is -0.344 e. The van der Waals surface area contributed by atoms with E-state index in [-0.39, 0.29) is 0 Å². The molecule has 2 aromatic rings.